The summed E-state index contributed by atoms with van der Waals surface area (Å²) in [5.41, 5.74) is 6.57. The predicted octanol–water partition coefficient (Wildman–Crippen LogP) is 0.0677. The average molecular weight is 261 g/mol. The highest BCUT2D eigenvalue weighted by Crippen LogP contribution is 2.12. The first-order valence-electron chi connectivity index (χ1n) is 6.15. The summed E-state index contributed by atoms with van der Waals surface area (Å²) in [5.74, 6) is 5.03. The van der Waals surface area contributed by atoms with Crippen LogP contribution in [0.25, 0.3) is 0 Å². The zero-order chi connectivity index (χ0) is 13.7. The van der Waals surface area contributed by atoms with Gasteiger partial charge in [0.05, 0.1) is 18.7 Å². The standard InChI is InChI=1S/C14H16FN3O/c15-13-4-3-11(8-12(13)2-1-5-16)9-18-7-6-17-14(19)10-18/h3-4,8H,5-7,9-10,16H2,(H,17,19). The molecule has 0 saturated carbocycles. The molecule has 0 aliphatic carbocycles. The van der Waals surface area contributed by atoms with E-state index in [-0.39, 0.29) is 18.3 Å². The van der Waals surface area contributed by atoms with Crippen LogP contribution in [0.3, 0.4) is 0 Å². The quantitative estimate of drug-likeness (QED) is 0.741. The number of amides is 1. The molecule has 4 nitrogen and oxygen atoms in total. The molecule has 0 unspecified atom stereocenters. The molecule has 1 aliphatic rings. The number of nitrogens with one attached hydrogen (secondary N) is 1. The molecule has 2 rings (SSSR count). The van der Waals surface area contributed by atoms with Crippen molar-refractivity contribution in [2.45, 2.75) is 6.54 Å². The van der Waals surface area contributed by atoms with Gasteiger partial charge in [-0.05, 0) is 17.7 Å². The normalized spacial score (nSPS) is 15.6. The first-order chi connectivity index (χ1) is 9.19. The molecule has 5 heteroatoms. The van der Waals surface area contributed by atoms with Crippen molar-refractivity contribution in [2.24, 2.45) is 5.73 Å². The molecule has 1 fully saturated rings. The Hall–Kier alpha value is -1.90. The third-order valence-corrected chi connectivity index (χ3v) is 2.88. The van der Waals surface area contributed by atoms with Crippen LogP contribution in [0, 0.1) is 17.7 Å². The molecule has 0 spiro atoms. The highest BCUT2D eigenvalue weighted by Gasteiger charge is 2.16. The SMILES string of the molecule is NCC#Cc1cc(CN2CCNC(=O)C2)ccc1F. The lowest BCUT2D eigenvalue weighted by Gasteiger charge is -2.26. The largest absolute Gasteiger partial charge is 0.354 e. The van der Waals surface area contributed by atoms with Gasteiger partial charge in [-0.2, -0.15) is 0 Å². The van der Waals surface area contributed by atoms with Crippen LogP contribution in [0.5, 0.6) is 0 Å². The van der Waals surface area contributed by atoms with Crippen molar-refractivity contribution in [2.75, 3.05) is 26.2 Å². The van der Waals surface area contributed by atoms with Gasteiger partial charge in [-0.1, -0.05) is 17.9 Å². The molecule has 100 valence electrons. The number of nitrogens with two attached hydrogens (primary N) is 1. The number of halogens is 1. The Morgan fingerprint density at radius 3 is 3.05 bits per heavy atom. The van der Waals surface area contributed by atoms with Crippen molar-refractivity contribution in [1.82, 2.24) is 10.2 Å². The van der Waals surface area contributed by atoms with Crippen LogP contribution >= 0.6 is 0 Å². The van der Waals surface area contributed by atoms with Crippen LogP contribution in [0.2, 0.25) is 0 Å². The molecular weight excluding hydrogens is 245 g/mol. The second kappa shape index (κ2) is 6.32. The first kappa shape index (κ1) is 13.5. The van der Waals surface area contributed by atoms with Gasteiger partial charge < -0.3 is 11.1 Å². The lowest BCUT2D eigenvalue weighted by Crippen LogP contribution is -2.47. The fourth-order valence-corrected chi connectivity index (χ4v) is 2.00. The maximum atomic E-state index is 13.5. The van der Waals surface area contributed by atoms with Crippen molar-refractivity contribution in [1.29, 1.82) is 0 Å². The smallest absolute Gasteiger partial charge is 0.234 e. The van der Waals surface area contributed by atoms with Gasteiger partial charge in [0.1, 0.15) is 5.82 Å². The summed E-state index contributed by atoms with van der Waals surface area (Å²) in [6.45, 7) is 2.65. The van der Waals surface area contributed by atoms with E-state index in [9.17, 15) is 9.18 Å². The lowest BCUT2D eigenvalue weighted by atomic mass is 10.1. The third-order valence-electron chi connectivity index (χ3n) is 2.88. The molecule has 0 atom stereocenters. The molecule has 0 bridgehead atoms. The van der Waals surface area contributed by atoms with Crippen molar-refractivity contribution < 1.29 is 9.18 Å². The second-order valence-electron chi connectivity index (χ2n) is 4.38. The van der Waals surface area contributed by atoms with Gasteiger partial charge in [0.2, 0.25) is 5.91 Å². The minimum absolute atomic E-state index is 0.0245. The summed E-state index contributed by atoms with van der Waals surface area (Å²) < 4.78 is 13.5. The number of hydrogen-bond donors (Lipinski definition) is 2. The van der Waals surface area contributed by atoms with Crippen LogP contribution < -0.4 is 11.1 Å². The van der Waals surface area contributed by atoms with Gasteiger partial charge in [0, 0.05) is 19.6 Å². The molecule has 1 aromatic carbocycles. The molecule has 0 radical (unpaired) electrons. The number of nitrogens with zero attached hydrogens (tertiary/aromatic N) is 1. The minimum atomic E-state index is -0.346. The zero-order valence-electron chi connectivity index (χ0n) is 10.6. The average Bonchev–Trinajstić information content (AvgIpc) is 2.39. The van der Waals surface area contributed by atoms with Crippen molar-refractivity contribution in [3.8, 4) is 11.8 Å². The Morgan fingerprint density at radius 1 is 1.47 bits per heavy atom. The highest BCUT2D eigenvalue weighted by atomic mass is 19.1. The number of hydrogen-bond acceptors (Lipinski definition) is 3. The van der Waals surface area contributed by atoms with Crippen LogP contribution in [-0.4, -0.2) is 37.0 Å². The van der Waals surface area contributed by atoms with Crippen LogP contribution in [0.4, 0.5) is 4.39 Å². The monoisotopic (exact) mass is 261 g/mol. The van der Waals surface area contributed by atoms with Gasteiger partial charge >= 0.3 is 0 Å². The number of benzene rings is 1. The summed E-state index contributed by atoms with van der Waals surface area (Å²) in [6.07, 6.45) is 0. The van der Waals surface area contributed by atoms with E-state index in [1.54, 1.807) is 12.1 Å². The van der Waals surface area contributed by atoms with Gasteiger partial charge in [0.25, 0.3) is 0 Å². The fraction of sp³-hybridized carbons (Fsp3) is 0.357. The molecule has 19 heavy (non-hydrogen) atoms. The number of rotatable bonds is 2. The Labute approximate surface area is 111 Å². The molecular formula is C14H16FN3O. The van der Waals surface area contributed by atoms with E-state index in [0.717, 1.165) is 12.1 Å². The summed E-state index contributed by atoms with van der Waals surface area (Å²) in [7, 11) is 0. The Bertz CT molecular complexity index is 533. The Morgan fingerprint density at radius 2 is 2.32 bits per heavy atom. The maximum Gasteiger partial charge on any atom is 0.234 e. The third kappa shape index (κ3) is 3.78. The van der Waals surface area contributed by atoms with Crippen LogP contribution in [0.15, 0.2) is 18.2 Å². The molecule has 1 heterocycles. The lowest BCUT2D eigenvalue weighted by molar-refractivity contribution is -0.124. The van der Waals surface area contributed by atoms with E-state index >= 15 is 0 Å². The second-order valence-corrected chi connectivity index (χ2v) is 4.38. The molecule has 1 amide bonds. The number of carbonyl (C=O) groups excluding carboxylic acids is 1. The summed E-state index contributed by atoms with van der Waals surface area (Å²) in [5, 5.41) is 2.77. The fourth-order valence-electron chi connectivity index (χ4n) is 2.00. The number of carbonyl (C=O) groups is 1. The highest BCUT2D eigenvalue weighted by molar-refractivity contribution is 5.78. The molecule has 1 saturated heterocycles. The molecule has 0 aromatic heterocycles. The zero-order valence-corrected chi connectivity index (χ0v) is 10.6. The van der Waals surface area contributed by atoms with E-state index in [1.165, 1.54) is 6.07 Å². The molecule has 1 aliphatic heterocycles. The van der Waals surface area contributed by atoms with Crippen molar-refractivity contribution in [3.05, 3.63) is 35.1 Å². The van der Waals surface area contributed by atoms with E-state index < -0.39 is 0 Å². The molecule has 3 N–H and O–H groups in total. The van der Waals surface area contributed by atoms with Gasteiger partial charge in [-0.15, -0.1) is 0 Å². The number of piperazine rings is 1. The van der Waals surface area contributed by atoms with Gasteiger partial charge in [0.15, 0.2) is 0 Å². The van der Waals surface area contributed by atoms with Gasteiger partial charge in [-0.25, -0.2) is 4.39 Å². The molecule has 1 aromatic rings. The van der Waals surface area contributed by atoms with E-state index in [4.69, 9.17) is 5.73 Å². The predicted molar refractivity (Wildman–Crippen MR) is 70.6 cm³/mol. The Kier molecular flexibility index (Phi) is 4.50. The summed E-state index contributed by atoms with van der Waals surface area (Å²) in [4.78, 5) is 13.3. The minimum Gasteiger partial charge on any atom is -0.354 e. The first-order valence-corrected chi connectivity index (χ1v) is 6.15. The Balaban J connectivity index is 2.10. The van der Waals surface area contributed by atoms with E-state index in [0.29, 0.717) is 25.2 Å². The summed E-state index contributed by atoms with van der Waals surface area (Å²) in [6, 6.07) is 4.83. The topological polar surface area (TPSA) is 58.4 Å². The summed E-state index contributed by atoms with van der Waals surface area (Å²) >= 11 is 0. The van der Waals surface area contributed by atoms with Crippen molar-refractivity contribution in [3.63, 3.8) is 0 Å². The van der Waals surface area contributed by atoms with Crippen molar-refractivity contribution >= 4 is 5.91 Å². The van der Waals surface area contributed by atoms with E-state index in [2.05, 4.69) is 17.2 Å². The van der Waals surface area contributed by atoms with Crippen LogP contribution in [-0.2, 0) is 11.3 Å². The van der Waals surface area contributed by atoms with Gasteiger partial charge in [-0.3, -0.25) is 9.69 Å². The van der Waals surface area contributed by atoms with E-state index in [1.807, 2.05) is 4.90 Å². The van der Waals surface area contributed by atoms with Crippen LogP contribution in [0.1, 0.15) is 11.1 Å². The maximum absolute atomic E-state index is 13.5.